The minimum atomic E-state index is -3.50. The predicted octanol–water partition coefficient (Wildman–Crippen LogP) is 1.83. The summed E-state index contributed by atoms with van der Waals surface area (Å²) in [6.45, 7) is 6.53. The van der Waals surface area contributed by atoms with Crippen LogP contribution in [-0.2, 0) is 21.6 Å². The van der Waals surface area contributed by atoms with Crippen molar-refractivity contribution in [1.82, 2.24) is 9.78 Å². The molecule has 27 heavy (non-hydrogen) atoms. The number of hydrogen-bond donors (Lipinski definition) is 2. The molecule has 2 rings (SSSR count). The average Bonchev–Trinajstić information content (AvgIpc) is 2.83. The molecule has 148 valence electrons. The number of nitrogens with one attached hydrogen (secondary N) is 1. The Balaban J connectivity index is 2.53. The second-order valence-electron chi connectivity index (χ2n) is 6.24. The number of anilines is 1. The van der Waals surface area contributed by atoms with E-state index < -0.39 is 15.6 Å². The highest BCUT2D eigenvalue weighted by Gasteiger charge is 2.25. The van der Waals surface area contributed by atoms with Crippen LogP contribution in [0.25, 0.3) is 0 Å². The molecule has 0 radical (unpaired) electrons. The molecule has 0 aliphatic carbocycles. The number of aromatic nitrogens is 2. The molecular weight excluding hydrogens is 370 g/mol. The van der Waals surface area contributed by atoms with Crippen molar-refractivity contribution in [1.29, 1.82) is 0 Å². The zero-order valence-electron chi connectivity index (χ0n) is 16.2. The number of ketones is 1. The first-order chi connectivity index (χ1) is 12.6. The van der Waals surface area contributed by atoms with Gasteiger partial charge in [0.2, 0.25) is 11.7 Å². The summed E-state index contributed by atoms with van der Waals surface area (Å²) in [4.78, 5) is 13.1. The third-order valence-corrected chi connectivity index (χ3v) is 5.38. The molecule has 0 saturated heterocycles. The zero-order valence-corrected chi connectivity index (χ0v) is 17.0. The summed E-state index contributed by atoms with van der Waals surface area (Å²) in [5.74, 6) is -0.640. The van der Waals surface area contributed by atoms with Crippen LogP contribution in [-0.4, -0.2) is 55.1 Å². The monoisotopic (exact) mass is 395 g/mol. The van der Waals surface area contributed by atoms with Gasteiger partial charge in [0, 0.05) is 32.0 Å². The molecule has 2 N–H and O–H groups in total. The first-order valence-corrected chi connectivity index (χ1v) is 10.4. The second-order valence-corrected chi connectivity index (χ2v) is 8.23. The van der Waals surface area contributed by atoms with E-state index >= 15 is 0 Å². The second kappa shape index (κ2) is 8.10. The summed E-state index contributed by atoms with van der Waals surface area (Å²) in [7, 11) is -1.96. The summed E-state index contributed by atoms with van der Waals surface area (Å²) in [5.41, 5.74) is 1.66. The number of aromatic hydroxyl groups is 1. The van der Waals surface area contributed by atoms with Crippen molar-refractivity contribution < 1.29 is 23.1 Å². The number of benzene rings is 1. The van der Waals surface area contributed by atoms with Crippen LogP contribution < -0.4 is 5.32 Å². The van der Waals surface area contributed by atoms with E-state index in [0.29, 0.717) is 42.3 Å². The fourth-order valence-electron chi connectivity index (χ4n) is 2.90. The molecule has 0 bridgehead atoms. The third kappa shape index (κ3) is 4.30. The van der Waals surface area contributed by atoms with Crippen molar-refractivity contribution in [2.45, 2.75) is 25.7 Å². The SMILES string of the molecule is CCOCCNc1c(S(C)(=O)=O)ccc(C(=O)c2c(C)nn(C)c2O)c1C. The van der Waals surface area contributed by atoms with Crippen molar-refractivity contribution in [3.63, 3.8) is 0 Å². The van der Waals surface area contributed by atoms with E-state index in [4.69, 9.17) is 4.74 Å². The highest BCUT2D eigenvalue weighted by Crippen LogP contribution is 2.31. The van der Waals surface area contributed by atoms with Crippen LogP contribution in [0.2, 0.25) is 0 Å². The molecule has 0 saturated carbocycles. The molecule has 1 aromatic heterocycles. The Morgan fingerprint density at radius 3 is 2.52 bits per heavy atom. The molecule has 0 aliphatic heterocycles. The average molecular weight is 395 g/mol. The van der Waals surface area contributed by atoms with E-state index in [1.54, 1.807) is 20.9 Å². The Morgan fingerprint density at radius 1 is 1.33 bits per heavy atom. The summed E-state index contributed by atoms with van der Waals surface area (Å²) in [6, 6.07) is 2.87. The number of sulfone groups is 1. The van der Waals surface area contributed by atoms with Gasteiger partial charge in [0.1, 0.15) is 5.56 Å². The van der Waals surface area contributed by atoms with E-state index in [9.17, 15) is 18.3 Å². The first-order valence-electron chi connectivity index (χ1n) is 8.52. The fourth-order valence-corrected chi connectivity index (χ4v) is 3.81. The predicted molar refractivity (Wildman–Crippen MR) is 102 cm³/mol. The van der Waals surface area contributed by atoms with E-state index in [2.05, 4.69) is 10.4 Å². The molecule has 0 unspecified atom stereocenters. The van der Waals surface area contributed by atoms with Gasteiger partial charge in [0.05, 0.1) is 22.9 Å². The molecule has 1 aromatic carbocycles. The minimum Gasteiger partial charge on any atom is -0.493 e. The van der Waals surface area contributed by atoms with Crippen LogP contribution >= 0.6 is 0 Å². The molecule has 0 fully saturated rings. The largest absolute Gasteiger partial charge is 0.493 e. The molecule has 9 heteroatoms. The van der Waals surface area contributed by atoms with E-state index in [-0.39, 0.29) is 16.3 Å². The van der Waals surface area contributed by atoms with E-state index in [0.717, 1.165) is 6.26 Å². The van der Waals surface area contributed by atoms with Crippen LogP contribution in [0.15, 0.2) is 17.0 Å². The molecule has 0 spiro atoms. The topological polar surface area (TPSA) is 111 Å². The van der Waals surface area contributed by atoms with Gasteiger partial charge in [0.15, 0.2) is 9.84 Å². The van der Waals surface area contributed by atoms with E-state index in [1.165, 1.54) is 16.8 Å². The minimum absolute atomic E-state index is 0.105. The van der Waals surface area contributed by atoms with E-state index in [1.807, 2.05) is 6.92 Å². The number of carbonyl (C=O) groups excluding carboxylic acids is 1. The van der Waals surface area contributed by atoms with Gasteiger partial charge in [-0.05, 0) is 38.5 Å². The quantitative estimate of drug-likeness (QED) is 0.518. The van der Waals surface area contributed by atoms with Gasteiger partial charge < -0.3 is 15.2 Å². The van der Waals surface area contributed by atoms with Gasteiger partial charge in [0.25, 0.3) is 0 Å². The Kier molecular flexibility index (Phi) is 6.27. The van der Waals surface area contributed by atoms with Gasteiger partial charge in [-0.3, -0.25) is 4.79 Å². The lowest BCUT2D eigenvalue weighted by atomic mass is 9.98. The van der Waals surface area contributed by atoms with Gasteiger partial charge >= 0.3 is 0 Å². The lowest BCUT2D eigenvalue weighted by Gasteiger charge is -2.17. The highest BCUT2D eigenvalue weighted by molar-refractivity contribution is 7.90. The zero-order chi connectivity index (χ0) is 20.4. The van der Waals surface area contributed by atoms with Gasteiger partial charge in [-0.25, -0.2) is 13.1 Å². The van der Waals surface area contributed by atoms with Crippen molar-refractivity contribution in [3.05, 3.63) is 34.5 Å². The maximum atomic E-state index is 13.0. The maximum absolute atomic E-state index is 13.0. The molecule has 0 amide bonds. The maximum Gasteiger partial charge on any atom is 0.220 e. The summed E-state index contributed by atoms with van der Waals surface area (Å²) in [6.07, 6.45) is 1.12. The van der Waals surface area contributed by atoms with Crippen LogP contribution in [0.4, 0.5) is 5.69 Å². The number of aryl methyl sites for hydroxylation is 2. The van der Waals surface area contributed by atoms with Crippen LogP contribution in [0, 0.1) is 13.8 Å². The summed E-state index contributed by atoms with van der Waals surface area (Å²) in [5, 5.41) is 17.3. The molecule has 8 nitrogen and oxygen atoms in total. The Hall–Kier alpha value is -2.39. The number of rotatable bonds is 8. The highest BCUT2D eigenvalue weighted by atomic mass is 32.2. The number of hydrogen-bond acceptors (Lipinski definition) is 7. The lowest BCUT2D eigenvalue weighted by molar-refractivity contribution is 0.103. The van der Waals surface area contributed by atoms with Gasteiger partial charge in [-0.1, -0.05) is 0 Å². The molecular formula is C18H25N3O5S. The van der Waals surface area contributed by atoms with Crippen molar-refractivity contribution in [2.75, 3.05) is 31.3 Å². The first kappa shape index (κ1) is 20.9. The molecule has 2 aromatic rings. The van der Waals surface area contributed by atoms with Crippen LogP contribution in [0.1, 0.15) is 34.1 Å². The van der Waals surface area contributed by atoms with Gasteiger partial charge in [-0.2, -0.15) is 5.10 Å². The van der Waals surface area contributed by atoms with Crippen molar-refractivity contribution in [3.8, 4) is 5.88 Å². The van der Waals surface area contributed by atoms with Gasteiger partial charge in [-0.15, -0.1) is 0 Å². The number of ether oxygens (including phenoxy) is 1. The van der Waals surface area contributed by atoms with Crippen molar-refractivity contribution in [2.24, 2.45) is 7.05 Å². The van der Waals surface area contributed by atoms with Crippen LogP contribution in [0.5, 0.6) is 5.88 Å². The Labute approximate surface area is 159 Å². The molecule has 0 aliphatic rings. The molecule has 0 atom stereocenters. The molecule has 1 heterocycles. The third-order valence-electron chi connectivity index (χ3n) is 4.24. The number of carbonyl (C=O) groups is 1. The normalized spacial score (nSPS) is 11.6. The van der Waals surface area contributed by atoms with Crippen molar-refractivity contribution >= 4 is 21.3 Å². The Morgan fingerprint density at radius 2 is 2.00 bits per heavy atom. The Bertz CT molecular complexity index is 964. The van der Waals surface area contributed by atoms with Crippen LogP contribution in [0.3, 0.4) is 0 Å². The summed E-state index contributed by atoms with van der Waals surface area (Å²) < 4.78 is 30.8. The lowest BCUT2D eigenvalue weighted by Crippen LogP contribution is -2.15. The standard InChI is InChI=1S/C18H25N3O5S/c1-6-26-10-9-19-16-11(2)13(7-8-14(16)27(5,24)25)17(22)15-12(3)20-21(4)18(15)23/h7-8,19,23H,6,9-10H2,1-5H3. The smallest absolute Gasteiger partial charge is 0.220 e. The fraction of sp³-hybridized carbons (Fsp3) is 0.444. The number of nitrogens with zero attached hydrogens (tertiary/aromatic N) is 2. The summed E-state index contributed by atoms with van der Waals surface area (Å²) >= 11 is 0.